The van der Waals surface area contributed by atoms with E-state index in [1.165, 1.54) is 6.07 Å². The zero-order chi connectivity index (χ0) is 27.7. The molecule has 39 heavy (non-hydrogen) atoms. The molecule has 8 heteroatoms. The Bertz CT molecular complexity index is 1330. The van der Waals surface area contributed by atoms with E-state index in [-0.39, 0.29) is 46.2 Å². The van der Waals surface area contributed by atoms with Crippen molar-refractivity contribution >= 4 is 11.6 Å². The Morgan fingerprint density at radius 3 is 2.51 bits per heavy atom. The van der Waals surface area contributed by atoms with Crippen molar-refractivity contribution < 1.29 is 29.3 Å². The van der Waals surface area contributed by atoms with E-state index in [2.05, 4.69) is 10.2 Å². The maximum Gasteiger partial charge on any atom is 0.200 e. The van der Waals surface area contributed by atoms with E-state index in [1.54, 1.807) is 0 Å². The van der Waals surface area contributed by atoms with Gasteiger partial charge in [0, 0.05) is 68.2 Å². The lowest BCUT2D eigenvalue weighted by Gasteiger charge is -2.59. The molecule has 0 aromatic heterocycles. The van der Waals surface area contributed by atoms with Crippen LogP contribution in [0, 0.1) is 17.8 Å². The van der Waals surface area contributed by atoms with Crippen molar-refractivity contribution in [1.29, 1.82) is 0 Å². The molecule has 1 spiro atoms. The van der Waals surface area contributed by atoms with Gasteiger partial charge in [0.25, 0.3) is 0 Å². The number of nitrogens with one attached hydrogen (secondary N) is 1. The topological polar surface area (TPSA) is 108 Å². The summed E-state index contributed by atoms with van der Waals surface area (Å²) in [6, 6.07) is 1.22. The number of phenolic OH excluding ortho intramolecular Hbond substituents is 2. The van der Waals surface area contributed by atoms with Crippen LogP contribution in [-0.2, 0) is 16.0 Å². The second-order valence-electron chi connectivity index (χ2n) is 12.2. The minimum Gasteiger partial charge on any atom is -0.507 e. The Morgan fingerprint density at radius 1 is 1.10 bits per heavy atom. The minimum atomic E-state index is -1.34. The number of piperazine rings is 1. The smallest absolute Gasteiger partial charge is 0.200 e. The van der Waals surface area contributed by atoms with Crippen LogP contribution in [0.1, 0.15) is 50.0 Å². The van der Waals surface area contributed by atoms with Crippen LogP contribution in [0.2, 0.25) is 0 Å². The molecule has 208 valence electrons. The summed E-state index contributed by atoms with van der Waals surface area (Å²) in [7, 11) is 0. The fraction of sp³-hybridized carbons (Fsp3) is 0.548. The first-order valence-electron chi connectivity index (χ1n) is 14.0. The quantitative estimate of drug-likeness (QED) is 0.477. The van der Waals surface area contributed by atoms with Crippen LogP contribution in [0.15, 0.2) is 41.0 Å². The molecule has 7 rings (SSSR count). The molecular formula is C31H38N2O6. The molecule has 3 aliphatic carbocycles. The number of hydrogen-bond donors (Lipinski definition) is 3. The van der Waals surface area contributed by atoms with E-state index < -0.39 is 17.1 Å². The molecule has 8 nitrogen and oxygen atoms in total. The van der Waals surface area contributed by atoms with Crippen molar-refractivity contribution in [2.75, 3.05) is 39.3 Å². The van der Waals surface area contributed by atoms with E-state index in [0.717, 1.165) is 43.9 Å². The highest BCUT2D eigenvalue weighted by atomic mass is 16.6. The van der Waals surface area contributed by atoms with Crippen LogP contribution in [0.25, 0.3) is 0 Å². The third kappa shape index (κ3) is 3.68. The maximum atomic E-state index is 14.4. The fourth-order valence-corrected chi connectivity index (χ4v) is 7.42. The van der Waals surface area contributed by atoms with Gasteiger partial charge in [-0.2, -0.15) is 0 Å². The molecule has 3 aliphatic heterocycles. The van der Waals surface area contributed by atoms with Gasteiger partial charge in [-0.05, 0) is 40.0 Å². The van der Waals surface area contributed by atoms with Gasteiger partial charge in [-0.25, -0.2) is 0 Å². The number of benzene rings is 1. The molecule has 3 heterocycles. The van der Waals surface area contributed by atoms with Gasteiger partial charge >= 0.3 is 0 Å². The summed E-state index contributed by atoms with van der Waals surface area (Å²) in [5.74, 6) is -1.43. The summed E-state index contributed by atoms with van der Waals surface area (Å²) >= 11 is 0. The number of phenols is 2. The summed E-state index contributed by atoms with van der Waals surface area (Å²) in [5, 5.41) is 25.1. The number of rotatable bonds is 6. The van der Waals surface area contributed by atoms with E-state index >= 15 is 0 Å². The van der Waals surface area contributed by atoms with Crippen molar-refractivity contribution in [3.8, 4) is 17.2 Å². The Balaban J connectivity index is 1.55. The number of hydrogen-bond acceptors (Lipinski definition) is 8. The van der Waals surface area contributed by atoms with Crippen LogP contribution in [0.3, 0.4) is 0 Å². The molecular weight excluding hydrogens is 496 g/mol. The normalized spacial score (nSPS) is 32.7. The van der Waals surface area contributed by atoms with Gasteiger partial charge in [0.05, 0.1) is 6.61 Å². The second kappa shape index (κ2) is 9.32. The minimum absolute atomic E-state index is 0.0379. The maximum absolute atomic E-state index is 14.4. The van der Waals surface area contributed by atoms with Gasteiger partial charge < -0.3 is 29.9 Å². The molecule has 0 amide bonds. The first-order chi connectivity index (χ1) is 18.6. The van der Waals surface area contributed by atoms with Crippen molar-refractivity contribution in [2.24, 2.45) is 17.8 Å². The standard InChI is InChI=1S/C31H38N2O6/c1-17(2)5-6-19-24(34)14-25(35)26-27(36)22-13-20-21(15-33-11-9-32-10-12-33)23-16-38-30(29(20)37,8-7-18(3)4)31(22,23)39-28(19)26/h5,7,13-14,20-21,23,32,34-35H,6,8-12,15-16H2,1-4H3/t20-,21+,23-,30+,31-/m1/s1. The summed E-state index contributed by atoms with van der Waals surface area (Å²) in [4.78, 5) is 31.0. The van der Waals surface area contributed by atoms with Crippen LogP contribution in [-0.4, -0.2) is 77.2 Å². The first-order valence-corrected chi connectivity index (χ1v) is 14.0. The predicted octanol–water partition coefficient (Wildman–Crippen LogP) is 3.32. The SMILES string of the molecule is CC(C)=CCc1c(O)cc(O)c2c1O[C@@]13C(=C[C@H]4C(=O)[C@]1(CC=C(C)C)OC[C@@H]3[C@H]4CN1CCNCC1)C2=O. The highest BCUT2D eigenvalue weighted by Gasteiger charge is 2.79. The van der Waals surface area contributed by atoms with Gasteiger partial charge in [0.2, 0.25) is 0 Å². The number of carbonyl (C=O) groups excluding carboxylic acids is 2. The molecule has 4 bridgehead atoms. The van der Waals surface area contributed by atoms with E-state index in [4.69, 9.17) is 9.47 Å². The highest BCUT2D eigenvalue weighted by molar-refractivity contribution is 6.18. The van der Waals surface area contributed by atoms with Crippen molar-refractivity contribution in [1.82, 2.24) is 10.2 Å². The lowest BCUT2D eigenvalue weighted by atomic mass is 9.49. The van der Waals surface area contributed by atoms with Gasteiger partial charge in [-0.3, -0.25) is 9.59 Å². The lowest BCUT2D eigenvalue weighted by molar-refractivity contribution is -0.171. The average molecular weight is 535 g/mol. The van der Waals surface area contributed by atoms with Crippen LogP contribution in [0.4, 0.5) is 0 Å². The average Bonchev–Trinajstić information content (AvgIpc) is 3.17. The molecule has 3 N–H and O–H groups in total. The van der Waals surface area contributed by atoms with Gasteiger partial charge in [0.1, 0.15) is 22.8 Å². The molecule has 2 saturated heterocycles. The molecule has 5 atom stereocenters. The van der Waals surface area contributed by atoms with E-state index in [0.29, 0.717) is 30.6 Å². The first kappa shape index (κ1) is 26.3. The van der Waals surface area contributed by atoms with Crippen molar-refractivity contribution in [3.63, 3.8) is 0 Å². The van der Waals surface area contributed by atoms with Gasteiger partial charge in [-0.15, -0.1) is 0 Å². The van der Waals surface area contributed by atoms with Crippen molar-refractivity contribution in [3.05, 3.63) is 52.1 Å². The van der Waals surface area contributed by atoms with E-state index in [1.807, 2.05) is 45.9 Å². The number of aromatic hydroxyl groups is 2. The monoisotopic (exact) mass is 534 g/mol. The largest absolute Gasteiger partial charge is 0.507 e. The highest BCUT2D eigenvalue weighted by Crippen LogP contribution is 2.65. The Morgan fingerprint density at radius 2 is 1.82 bits per heavy atom. The van der Waals surface area contributed by atoms with Gasteiger partial charge in [-0.1, -0.05) is 29.4 Å². The van der Waals surface area contributed by atoms with Crippen LogP contribution in [0.5, 0.6) is 17.2 Å². The number of Topliss-reactive ketones (excluding diaryl/α,β-unsaturated/α-hetero) is 2. The summed E-state index contributed by atoms with van der Waals surface area (Å²) < 4.78 is 13.5. The zero-order valence-electron chi connectivity index (χ0n) is 23.2. The number of fused-ring (bicyclic) bond motifs is 1. The van der Waals surface area contributed by atoms with Crippen molar-refractivity contribution in [2.45, 2.75) is 51.7 Å². The summed E-state index contributed by atoms with van der Waals surface area (Å²) in [6.45, 7) is 12.5. The third-order valence-corrected chi connectivity index (χ3v) is 9.32. The summed E-state index contributed by atoms with van der Waals surface area (Å²) in [6.07, 6.45) is 6.38. The molecule has 6 aliphatic rings. The number of ether oxygens (including phenoxy) is 2. The van der Waals surface area contributed by atoms with Crippen LogP contribution < -0.4 is 10.1 Å². The predicted molar refractivity (Wildman–Crippen MR) is 146 cm³/mol. The number of allylic oxidation sites excluding steroid dienone is 4. The molecule has 1 saturated carbocycles. The van der Waals surface area contributed by atoms with E-state index in [9.17, 15) is 19.8 Å². The Kier molecular flexibility index (Phi) is 6.28. The number of ketones is 2. The molecule has 1 aromatic carbocycles. The molecule has 1 aromatic rings. The number of nitrogens with zero attached hydrogens (tertiary/aromatic N) is 1. The molecule has 3 fully saturated rings. The molecule has 0 radical (unpaired) electrons. The number of carbonyl (C=O) groups is 2. The summed E-state index contributed by atoms with van der Waals surface area (Å²) in [5.41, 5.74) is 0.324. The zero-order valence-corrected chi connectivity index (χ0v) is 23.2. The second-order valence-corrected chi connectivity index (χ2v) is 12.2. The Labute approximate surface area is 229 Å². The van der Waals surface area contributed by atoms with Gasteiger partial charge in [0.15, 0.2) is 22.8 Å². The lowest BCUT2D eigenvalue weighted by Crippen LogP contribution is -2.74. The fourth-order valence-electron chi connectivity index (χ4n) is 7.42. The third-order valence-electron chi connectivity index (χ3n) is 9.32. The Hall–Kier alpha value is -2.94. The van der Waals surface area contributed by atoms with Crippen LogP contribution >= 0.6 is 0 Å². The molecule has 0 unspecified atom stereocenters.